The van der Waals surface area contributed by atoms with E-state index in [1.54, 1.807) is 6.07 Å². The molecule has 0 unspecified atom stereocenters. The molecule has 0 bridgehead atoms. The number of nitrogens with one attached hydrogen (secondary N) is 1. The fraction of sp³-hybridized carbons (Fsp3) is 0.235. The Morgan fingerprint density at radius 3 is 2.93 bits per heavy atom. The van der Waals surface area contributed by atoms with Crippen molar-refractivity contribution in [3.63, 3.8) is 0 Å². The fourth-order valence-corrected chi connectivity index (χ4v) is 5.11. The molecule has 0 aliphatic carbocycles. The maximum Gasteiger partial charge on any atom is 0.283 e. The van der Waals surface area contributed by atoms with Crippen molar-refractivity contribution in [2.24, 2.45) is 0 Å². The van der Waals surface area contributed by atoms with Gasteiger partial charge in [-0.25, -0.2) is 9.97 Å². The van der Waals surface area contributed by atoms with Crippen LogP contribution < -0.4 is 9.62 Å². The van der Waals surface area contributed by atoms with Crippen molar-refractivity contribution in [1.29, 1.82) is 0 Å². The lowest BCUT2D eigenvalue weighted by molar-refractivity contribution is -0.116. The van der Waals surface area contributed by atoms with E-state index in [0.717, 1.165) is 11.3 Å². The van der Waals surface area contributed by atoms with Gasteiger partial charge in [0.2, 0.25) is 5.91 Å². The number of anilines is 2. The minimum Gasteiger partial charge on any atom is -0.327 e. The first kappa shape index (κ1) is 17.7. The number of hydrogen-bond acceptors (Lipinski definition) is 6. The quantitative estimate of drug-likeness (QED) is 0.703. The van der Waals surface area contributed by atoms with Gasteiger partial charge in [-0.1, -0.05) is 18.2 Å². The van der Waals surface area contributed by atoms with Crippen LogP contribution in [0.4, 0.5) is 10.8 Å². The number of fused-ring (bicyclic) bond motifs is 1. The van der Waals surface area contributed by atoms with Crippen molar-refractivity contribution < 1.29 is 13.2 Å². The zero-order valence-electron chi connectivity index (χ0n) is 14.5. The molecule has 0 saturated heterocycles. The molecular formula is C17H17N5O3S2. The van der Waals surface area contributed by atoms with Crippen LogP contribution in [0.25, 0.3) is 0 Å². The molecule has 27 heavy (non-hydrogen) atoms. The van der Waals surface area contributed by atoms with Gasteiger partial charge >= 0.3 is 0 Å². The van der Waals surface area contributed by atoms with Crippen molar-refractivity contribution in [3.05, 3.63) is 53.4 Å². The third kappa shape index (κ3) is 3.45. The number of amides is 1. The van der Waals surface area contributed by atoms with E-state index in [1.807, 2.05) is 30.5 Å². The zero-order valence-corrected chi connectivity index (χ0v) is 16.1. The first-order chi connectivity index (χ1) is 12.9. The van der Waals surface area contributed by atoms with Crippen LogP contribution in [0.2, 0.25) is 0 Å². The van der Waals surface area contributed by atoms with Gasteiger partial charge in [-0.3, -0.25) is 9.10 Å². The van der Waals surface area contributed by atoms with Gasteiger partial charge in [-0.05, 0) is 25.0 Å². The molecule has 1 aromatic carbocycles. The van der Waals surface area contributed by atoms with Gasteiger partial charge in [0.25, 0.3) is 10.0 Å². The standard InChI is InChI=1S/C17H17N5O3S2/c1-12-10-26-17(19-12)20-15(23)8-21-9-16(18-11-21)27(24,25)22-7-6-13-4-2-3-5-14(13)22/h2-5,9-11H,6-8H2,1H3,(H,19,20,23). The van der Waals surface area contributed by atoms with Gasteiger partial charge < -0.3 is 9.88 Å². The Bertz CT molecular complexity index is 1100. The molecule has 140 valence electrons. The van der Waals surface area contributed by atoms with Gasteiger partial charge in [0, 0.05) is 18.1 Å². The molecule has 10 heteroatoms. The summed E-state index contributed by atoms with van der Waals surface area (Å²) in [5.41, 5.74) is 2.51. The number of nitrogens with zero attached hydrogens (tertiary/aromatic N) is 4. The minimum atomic E-state index is -3.76. The van der Waals surface area contributed by atoms with Crippen LogP contribution in [0.5, 0.6) is 0 Å². The summed E-state index contributed by atoms with van der Waals surface area (Å²) in [6.45, 7) is 2.19. The fourth-order valence-electron chi connectivity index (χ4n) is 2.97. The van der Waals surface area contributed by atoms with E-state index in [2.05, 4.69) is 15.3 Å². The second-order valence-corrected chi connectivity index (χ2v) is 8.85. The number of aromatic nitrogens is 3. The number of sulfonamides is 1. The smallest absolute Gasteiger partial charge is 0.283 e. The number of aryl methyl sites for hydroxylation is 1. The van der Waals surface area contributed by atoms with Crippen molar-refractivity contribution in [3.8, 4) is 0 Å². The van der Waals surface area contributed by atoms with E-state index in [4.69, 9.17) is 0 Å². The second kappa shape index (κ2) is 6.78. The SMILES string of the molecule is Cc1csc(NC(=O)Cn2cnc(S(=O)(=O)N3CCc4ccccc43)c2)n1. The van der Waals surface area contributed by atoms with E-state index >= 15 is 0 Å². The summed E-state index contributed by atoms with van der Waals surface area (Å²) in [5, 5.41) is 4.97. The van der Waals surface area contributed by atoms with Crippen molar-refractivity contribution in [1.82, 2.24) is 14.5 Å². The van der Waals surface area contributed by atoms with Crippen LogP contribution >= 0.6 is 11.3 Å². The first-order valence-corrected chi connectivity index (χ1v) is 10.6. The van der Waals surface area contributed by atoms with Crippen molar-refractivity contribution in [2.75, 3.05) is 16.2 Å². The number of thiazole rings is 1. The first-order valence-electron chi connectivity index (χ1n) is 8.28. The summed E-state index contributed by atoms with van der Waals surface area (Å²) >= 11 is 1.34. The Hall–Kier alpha value is -2.72. The van der Waals surface area contributed by atoms with E-state index in [9.17, 15) is 13.2 Å². The topological polar surface area (TPSA) is 97.2 Å². The molecule has 1 amide bonds. The highest BCUT2D eigenvalue weighted by Crippen LogP contribution is 2.32. The van der Waals surface area contributed by atoms with Crippen LogP contribution in [0.1, 0.15) is 11.3 Å². The lowest BCUT2D eigenvalue weighted by Crippen LogP contribution is -2.29. The van der Waals surface area contributed by atoms with Crippen LogP contribution in [0.15, 0.2) is 47.2 Å². The third-order valence-electron chi connectivity index (χ3n) is 4.20. The number of benzene rings is 1. The van der Waals surface area contributed by atoms with Crippen LogP contribution in [-0.4, -0.2) is 35.4 Å². The molecule has 1 aliphatic heterocycles. The number of carbonyl (C=O) groups excluding carboxylic acids is 1. The molecule has 0 atom stereocenters. The highest BCUT2D eigenvalue weighted by Gasteiger charge is 2.32. The summed E-state index contributed by atoms with van der Waals surface area (Å²) < 4.78 is 28.7. The number of carbonyl (C=O) groups is 1. The monoisotopic (exact) mass is 403 g/mol. The van der Waals surface area contributed by atoms with Gasteiger partial charge in [0.1, 0.15) is 6.54 Å². The van der Waals surface area contributed by atoms with Gasteiger partial charge in [-0.15, -0.1) is 11.3 Å². The summed E-state index contributed by atoms with van der Waals surface area (Å²) in [7, 11) is -3.76. The lowest BCUT2D eigenvalue weighted by Gasteiger charge is -2.17. The predicted octanol–water partition coefficient (Wildman–Crippen LogP) is 2.04. The lowest BCUT2D eigenvalue weighted by atomic mass is 10.2. The van der Waals surface area contributed by atoms with Crippen LogP contribution in [-0.2, 0) is 27.8 Å². The molecule has 1 N–H and O–H groups in total. The van der Waals surface area contributed by atoms with Crippen LogP contribution in [0.3, 0.4) is 0 Å². The summed E-state index contributed by atoms with van der Waals surface area (Å²) in [5.74, 6) is -0.294. The predicted molar refractivity (Wildman–Crippen MR) is 102 cm³/mol. The largest absolute Gasteiger partial charge is 0.327 e. The molecule has 0 saturated carbocycles. The number of imidazole rings is 1. The molecule has 2 aromatic heterocycles. The summed E-state index contributed by atoms with van der Waals surface area (Å²) in [6, 6.07) is 7.43. The average Bonchev–Trinajstić information content (AvgIpc) is 3.34. The molecule has 0 spiro atoms. The number of hydrogen-bond donors (Lipinski definition) is 1. The average molecular weight is 403 g/mol. The molecule has 3 heterocycles. The summed E-state index contributed by atoms with van der Waals surface area (Å²) in [6.07, 6.45) is 3.40. The maximum atomic E-state index is 12.9. The Balaban J connectivity index is 1.49. The highest BCUT2D eigenvalue weighted by molar-refractivity contribution is 7.92. The Kier molecular flexibility index (Phi) is 4.44. The number of rotatable bonds is 5. The van der Waals surface area contributed by atoms with E-state index in [-0.39, 0.29) is 17.5 Å². The highest BCUT2D eigenvalue weighted by atomic mass is 32.2. The Morgan fingerprint density at radius 1 is 1.33 bits per heavy atom. The molecular weight excluding hydrogens is 386 g/mol. The van der Waals surface area contributed by atoms with Gasteiger partial charge in [0.15, 0.2) is 10.2 Å². The minimum absolute atomic E-state index is 0.0439. The molecule has 0 fully saturated rings. The number of para-hydroxylation sites is 1. The molecule has 3 aromatic rings. The second-order valence-electron chi connectivity index (χ2n) is 6.18. The van der Waals surface area contributed by atoms with E-state index in [1.165, 1.54) is 32.7 Å². The molecule has 0 radical (unpaired) electrons. The van der Waals surface area contributed by atoms with Gasteiger partial charge in [-0.2, -0.15) is 8.42 Å². The Labute approximate surface area is 160 Å². The molecule has 8 nitrogen and oxygen atoms in total. The summed E-state index contributed by atoms with van der Waals surface area (Å²) in [4.78, 5) is 20.3. The van der Waals surface area contributed by atoms with Gasteiger partial charge in [0.05, 0.1) is 17.7 Å². The van der Waals surface area contributed by atoms with Crippen LogP contribution in [0, 0.1) is 6.92 Å². The van der Waals surface area contributed by atoms with Crippen molar-refractivity contribution >= 4 is 38.1 Å². The molecule has 1 aliphatic rings. The Morgan fingerprint density at radius 2 is 2.15 bits per heavy atom. The third-order valence-corrected chi connectivity index (χ3v) is 6.77. The van der Waals surface area contributed by atoms with E-state index in [0.29, 0.717) is 23.8 Å². The molecule has 4 rings (SSSR count). The van der Waals surface area contributed by atoms with Crippen molar-refractivity contribution in [2.45, 2.75) is 24.9 Å². The zero-order chi connectivity index (χ0) is 19.0. The maximum absolute atomic E-state index is 12.9. The normalized spacial score (nSPS) is 13.6. The van der Waals surface area contributed by atoms with E-state index < -0.39 is 10.0 Å².